The van der Waals surface area contributed by atoms with Gasteiger partial charge < -0.3 is 14.0 Å². The lowest BCUT2D eigenvalue weighted by molar-refractivity contribution is 1.17. The van der Waals surface area contributed by atoms with Crippen molar-refractivity contribution in [1.29, 1.82) is 0 Å². The first-order valence-electron chi connectivity index (χ1n) is 21.0. The van der Waals surface area contributed by atoms with Crippen molar-refractivity contribution >= 4 is 93.0 Å². The molecule has 2 heterocycles. The Balaban J connectivity index is 1.04. The highest BCUT2D eigenvalue weighted by Crippen LogP contribution is 2.46. The van der Waals surface area contributed by atoms with Crippen molar-refractivity contribution < 1.29 is 0 Å². The topological polar surface area (TPSA) is 13.1 Å². The van der Waals surface area contributed by atoms with Crippen LogP contribution in [0.2, 0.25) is 0 Å². The number of aromatic nitrogens is 2. The molecule has 13 rings (SSSR count). The Morgan fingerprint density at radius 3 is 1.49 bits per heavy atom. The molecule has 0 aliphatic carbocycles. The molecule has 0 aliphatic heterocycles. The third kappa shape index (κ3) is 5.04. The monoisotopic (exact) mass is 775 g/mol. The largest absolute Gasteiger partial charge is 0.311 e. The Bertz CT molecular complexity index is 3690. The lowest BCUT2D eigenvalue weighted by Crippen LogP contribution is -2.09. The summed E-state index contributed by atoms with van der Waals surface area (Å²) in [6.45, 7) is 0. The predicted octanol–water partition coefficient (Wildman–Crippen LogP) is 15.9. The van der Waals surface area contributed by atoms with Crippen LogP contribution in [0.3, 0.4) is 0 Å². The minimum Gasteiger partial charge on any atom is -0.311 e. The van der Waals surface area contributed by atoms with Crippen LogP contribution in [0.25, 0.3) is 98.4 Å². The number of fused-ring (bicyclic) bond motifs is 7. The van der Waals surface area contributed by atoms with E-state index in [1.165, 1.54) is 87.1 Å². The van der Waals surface area contributed by atoms with E-state index in [4.69, 9.17) is 0 Å². The van der Waals surface area contributed by atoms with Crippen molar-refractivity contribution in [2.24, 2.45) is 0 Å². The third-order valence-electron chi connectivity index (χ3n) is 12.8. The summed E-state index contributed by atoms with van der Waals surface area (Å²) in [5.41, 5.74) is 13.0. The number of rotatable bonds is 6. The maximum absolute atomic E-state index is 2.45. The summed E-state index contributed by atoms with van der Waals surface area (Å²) in [6.07, 6.45) is 0. The zero-order valence-corrected chi connectivity index (χ0v) is 33.2. The van der Waals surface area contributed by atoms with Crippen molar-refractivity contribution in [3.8, 4) is 22.5 Å². The van der Waals surface area contributed by atoms with E-state index in [1.54, 1.807) is 0 Å². The predicted molar refractivity (Wildman–Crippen MR) is 259 cm³/mol. The van der Waals surface area contributed by atoms with Gasteiger partial charge in [0, 0.05) is 50.0 Å². The van der Waals surface area contributed by atoms with E-state index in [1.807, 2.05) is 0 Å². The van der Waals surface area contributed by atoms with Crippen LogP contribution in [-0.2, 0) is 0 Å². The summed E-state index contributed by atoms with van der Waals surface area (Å²) in [5.74, 6) is 0. The quantitative estimate of drug-likeness (QED) is 0.153. The number of hydrogen-bond acceptors (Lipinski definition) is 1. The van der Waals surface area contributed by atoms with Gasteiger partial charge in [-0.1, -0.05) is 140 Å². The molecule has 0 amide bonds. The summed E-state index contributed by atoms with van der Waals surface area (Å²) >= 11 is 0. The zero-order valence-electron chi connectivity index (χ0n) is 33.2. The Labute approximate surface area is 352 Å². The lowest BCUT2D eigenvalue weighted by atomic mass is 9.88. The van der Waals surface area contributed by atoms with Crippen molar-refractivity contribution in [1.82, 2.24) is 9.13 Å². The molecule has 0 fully saturated rings. The Morgan fingerprint density at radius 1 is 0.279 bits per heavy atom. The molecule has 0 bridgehead atoms. The second kappa shape index (κ2) is 13.2. The van der Waals surface area contributed by atoms with Crippen LogP contribution in [0.4, 0.5) is 17.1 Å². The van der Waals surface area contributed by atoms with E-state index < -0.39 is 0 Å². The summed E-state index contributed by atoms with van der Waals surface area (Å²) < 4.78 is 4.89. The average Bonchev–Trinajstić information content (AvgIpc) is 3.84. The molecular weight excluding hydrogens is 739 g/mol. The van der Waals surface area contributed by atoms with Crippen LogP contribution in [0.15, 0.2) is 224 Å². The Morgan fingerprint density at radius 2 is 0.803 bits per heavy atom. The molecule has 0 saturated heterocycles. The molecule has 11 aromatic carbocycles. The van der Waals surface area contributed by atoms with Crippen molar-refractivity contribution in [3.63, 3.8) is 0 Å². The zero-order chi connectivity index (χ0) is 40.0. The van der Waals surface area contributed by atoms with Gasteiger partial charge in [0.15, 0.2) is 0 Å². The molecule has 0 spiro atoms. The van der Waals surface area contributed by atoms with E-state index in [0.717, 1.165) is 28.4 Å². The summed E-state index contributed by atoms with van der Waals surface area (Å²) in [4.78, 5) is 2.32. The summed E-state index contributed by atoms with van der Waals surface area (Å²) in [5, 5.41) is 12.7. The van der Waals surface area contributed by atoms with E-state index in [2.05, 4.69) is 238 Å². The lowest BCUT2D eigenvalue weighted by Gasteiger charge is -2.25. The fourth-order valence-corrected chi connectivity index (χ4v) is 10.2. The van der Waals surface area contributed by atoms with Gasteiger partial charge in [0.25, 0.3) is 0 Å². The number of hydrogen-bond donors (Lipinski definition) is 0. The molecule has 2 aromatic heterocycles. The fourth-order valence-electron chi connectivity index (χ4n) is 10.2. The standard InChI is InChI=1S/C58H37N3/c1-4-14-41(15-5-1)59(42-16-6-2-7-17-42)44-29-26-38(27-30-44)46-32-28-39-24-25-40-36-55-58(50-34-33-49(46)56(39)57(40)50)51-37-45(31-35-54(51)60(55)43-18-8-3-9-19-43)61-52-22-12-10-20-47(52)48-21-11-13-23-53(48)61/h1-37H. The van der Waals surface area contributed by atoms with E-state index >= 15 is 0 Å². The molecule has 284 valence electrons. The maximum Gasteiger partial charge on any atom is 0.0553 e. The van der Waals surface area contributed by atoms with Crippen LogP contribution in [0.5, 0.6) is 0 Å². The fraction of sp³-hybridized carbons (Fsp3) is 0. The maximum atomic E-state index is 2.45. The molecular formula is C58H37N3. The number of benzene rings is 11. The second-order valence-electron chi connectivity index (χ2n) is 16.1. The molecule has 0 N–H and O–H groups in total. The van der Waals surface area contributed by atoms with Crippen LogP contribution in [0.1, 0.15) is 0 Å². The highest BCUT2D eigenvalue weighted by Gasteiger charge is 2.22. The molecule has 0 radical (unpaired) electrons. The third-order valence-corrected chi connectivity index (χ3v) is 12.8. The van der Waals surface area contributed by atoms with Gasteiger partial charge in [-0.05, 0) is 128 Å². The molecule has 3 heteroatoms. The number of para-hydroxylation sites is 5. The van der Waals surface area contributed by atoms with Crippen LogP contribution in [0, 0.1) is 0 Å². The first-order valence-corrected chi connectivity index (χ1v) is 21.0. The minimum absolute atomic E-state index is 1.12. The van der Waals surface area contributed by atoms with Gasteiger partial charge >= 0.3 is 0 Å². The van der Waals surface area contributed by atoms with Crippen LogP contribution >= 0.6 is 0 Å². The second-order valence-corrected chi connectivity index (χ2v) is 16.1. The van der Waals surface area contributed by atoms with Gasteiger partial charge in [0.05, 0.1) is 22.1 Å². The molecule has 0 atom stereocenters. The van der Waals surface area contributed by atoms with Crippen molar-refractivity contribution in [2.75, 3.05) is 4.90 Å². The Hall–Kier alpha value is -8.14. The van der Waals surface area contributed by atoms with Crippen LogP contribution in [-0.4, -0.2) is 9.13 Å². The molecule has 3 nitrogen and oxygen atoms in total. The van der Waals surface area contributed by atoms with Gasteiger partial charge in [-0.2, -0.15) is 0 Å². The van der Waals surface area contributed by atoms with Gasteiger partial charge in [-0.25, -0.2) is 0 Å². The molecule has 0 aliphatic rings. The molecule has 13 aromatic rings. The molecule has 0 saturated carbocycles. The summed E-state index contributed by atoms with van der Waals surface area (Å²) in [7, 11) is 0. The van der Waals surface area contributed by atoms with E-state index in [9.17, 15) is 0 Å². The number of nitrogens with zero attached hydrogens (tertiary/aromatic N) is 3. The highest BCUT2D eigenvalue weighted by molar-refractivity contribution is 6.34. The molecule has 0 unspecified atom stereocenters. The van der Waals surface area contributed by atoms with Crippen molar-refractivity contribution in [3.05, 3.63) is 224 Å². The van der Waals surface area contributed by atoms with Gasteiger partial charge in [0.1, 0.15) is 0 Å². The minimum atomic E-state index is 1.12. The molecule has 61 heavy (non-hydrogen) atoms. The van der Waals surface area contributed by atoms with E-state index in [-0.39, 0.29) is 0 Å². The van der Waals surface area contributed by atoms with Gasteiger partial charge in [-0.15, -0.1) is 0 Å². The first-order chi connectivity index (χ1) is 30.3. The normalized spacial score (nSPS) is 11.9. The van der Waals surface area contributed by atoms with Gasteiger partial charge in [-0.3, -0.25) is 0 Å². The van der Waals surface area contributed by atoms with Crippen molar-refractivity contribution in [2.45, 2.75) is 0 Å². The SMILES string of the molecule is c1ccc(N(c2ccccc2)c2ccc(-c3ccc4ccc5cc6c(c7ccc3c4c57)c3cc(-n4c5ccccc5c5ccccc54)ccc3n6-c3ccccc3)cc2)cc1. The average molecular weight is 776 g/mol. The summed E-state index contributed by atoms with van der Waals surface area (Å²) in [6, 6.07) is 82.1. The smallest absolute Gasteiger partial charge is 0.0553 e. The first kappa shape index (κ1) is 33.8. The Kier molecular flexibility index (Phi) is 7.31. The van der Waals surface area contributed by atoms with E-state index in [0.29, 0.717) is 0 Å². The highest BCUT2D eigenvalue weighted by atomic mass is 15.1. The van der Waals surface area contributed by atoms with Gasteiger partial charge in [0.2, 0.25) is 0 Å². The van der Waals surface area contributed by atoms with Crippen LogP contribution < -0.4 is 4.90 Å². The number of anilines is 3.